The normalized spacial score (nSPS) is 10.4. The van der Waals surface area contributed by atoms with Gasteiger partial charge < -0.3 is 15.2 Å². The van der Waals surface area contributed by atoms with Crippen molar-refractivity contribution in [2.24, 2.45) is 0 Å². The van der Waals surface area contributed by atoms with E-state index in [1.54, 1.807) is 0 Å². The van der Waals surface area contributed by atoms with E-state index < -0.39 is 10.3 Å². The molecule has 90 valence electrons. The van der Waals surface area contributed by atoms with Crippen LogP contribution in [0.2, 0.25) is 0 Å². The van der Waals surface area contributed by atoms with E-state index in [0.717, 1.165) is 0 Å². The second-order valence-corrected chi connectivity index (χ2v) is 4.21. The van der Waals surface area contributed by atoms with Crippen molar-refractivity contribution in [1.82, 2.24) is 0 Å². The van der Waals surface area contributed by atoms with Crippen LogP contribution in [0.25, 0.3) is 4.38 Å². The molecule has 0 heterocycles. The van der Waals surface area contributed by atoms with Crippen LogP contribution in [0.1, 0.15) is 6.92 Å². The zero-order valence-electron chi connectivity index (χ0n) is 8.75. The second-order valence-electron chi connectivity index (χ2n) is 3.03. The van der Waals surface area contributed by atoms with Crippen LogP contribution < -0.4 is 15.2 Å². The molecule has 0 aliphatic carbocycles. The van der Waals surface area contributed by atoms with Gasteiger partial charge in [-0.25, -0.2) is 0 Å². The van der Waals surface area contributed by atoms with Crippen LogP contribution in [0.4, 0.5) is 11.4 Å². The van der Waals surface area contributed by atoms with Crippen LogP contribution >= 0.6 is 0 Å². The molecule has 0 bridgehead atoms. The van der Waals surface area contributed by atoms with Crippen LogP contribution in [0, 0.1) is 5.39 Å². The number of benzene rings is 1. The quantitative estimate of drug-likeness (QED) is 0.606. The first-order valence-electron chi connectivity index (χ1n) is 4.32. The highest BCUT2D eigenvalue weighted by Crippen LogP contribution is 2.26. The molecule has 0 aromatic heterocycles. The monoisotopic (exact) mass is 257 g/mol. The van der Waals surface area contributed by atoms with Crippen molar-refractivity contribution in [3.63, 3.8) is 0 Å². The molecular formula is C8H9N4O4S+. The number of rotatable bonds is 3. The van der Waals surface area contributed by atoms with Gasteiger partial charge in [0.05, 0.1) is 5.69 Å². The Morgan fingerprint density at radius 1 is 1.53 bits per heavy atom. The Kier molecular flexibility index (Phi) is 3.49. The fourth-order valence-electron chi connectivity index (χ4n) is 1.04. The summed E-state index contributed by atoms with van der Waals surface area (Å²) >= 11 is 0. The Balaban J connectivity index is 2.99. The van der Waals surface area contributed by atoms with Gasteiger partial charge in [-0.2, -0.15) is 0 Å². The SMILES string of the molecule is CC(=O)Nc1ccc(OS(=O)(=O)[N+]#N)c(N)c1. The zero-order chi connectivity index (χ0) is 13.1. The molecule has 0 aliphatic heterocycles. The molecule has 1 aromatic rings. The van der Waals surface area contributed by atoms with Gasteiger partial charge in [0.1, 0.15) is 0 Å². The standard InChI is InChI=1S/C8H8N4O4S/c1-5(13)11-6-2-3-8(7(9)4-6)16-17(14,15)12-10/h2-4H,9H2,1H3/p+1. The summed E-state index contributed by atoms with van der Waals surface area (Å²) in [5.41, 5.74) is 5.86. The lowest BCUT2D eigenvalue weighted by molar-refractivity contribution is -0.114. The summed E-state index contributed by atoms with van der Waals surface area (Å²) in [4.78, 5) is 10.8. The number of nitrogens with zero attached hydrogens (tertiary/aromatic N) is 2. The van der Waals surface area contributed by atoms with E-state index in [2.05, 4.69) is 13.9 Å². The molecule has 8 nitrogen and oxygen atoms in total. The van der Waals surface area contributed by atoms with Crippen LogP contribution in [0.3, 0.4) is 0 Å². The molecule has 1 rings (SSSR count). The fraction of sp³-hybridized carbons (Fsp3) is 0.125. The molecule has 3 N–H and O–H groups in total. The Labute approximate surface area is 97.3 Å². The Morgan fingerprint density at radius 3 is 2.65 bits per heavy atom. The van der Waals surface area contributed by atoms with E-state index in [4.69, 9.17) is 11.1 Å². The lowest BCUT2D eigenvalue weighted by Crippen LogP contribution is -2.08. The molecule has 0 radical (unpaired) electrons. The third-order valence-corrected chi connectivity index (χ3v) is 2.22. The highest BCUT2D eigenvalue weighted by Gasteiger charge is 2.27. The highest BCUT2D eigenvalue weighted by atomic mass is 32.2. The number of nitrogens with two attached hydrogens (primary N) is 1. The first kappa shape index (κ1) is 12.7. The van der Waals surface area contributed by atoms with Crippen molar-refractivity contribution < 1.29 is 17.4 Å². The highest BCUT2D eigenvalue weighted by molar-refractivity contribution is 7.89. The number of anilines is 2. The summed E-state index contributed by atoms with van der Waals surface area (Å²) in [7, 11) is -4.42. The van der Waals surface area contributed by atoms with Crippen molar-refractivity contribution in [3.8, 4) is 5.75 Å². The van der Waals surface area contributed by atoms with Gasteiger partial charge in [-0.05, 0) is 18.2 Å². The van der Waals surface area contributed by atoms with Gasteiger partial charge in [0.25, 0.3) is 0 Å². The number of carbonyl (C=O) groups excluding carboxylic acids is 1. The Hall–Kier alpha value is -2.34. The second kappa shape index (κ2) is 4.67. The number of amides is 1. The smallest absolute Gasteiger partial charge is 0.396 e. The summed E-state index contributed by atoms with van der Waals surface area (Å²) in [6.45, 7) is 1.32. The molecule has 1 amide bonds. The minimum atomic E-state index is -4.42. The number of hydrogen-bond acceptors (Lipinski definition) is 6. The number of diazo groups is 1. The number of nitrogens with one attached hydrogen (secondary N) is 1. The first-order chi connectivity index (χ1) is 7.84. The van der Waals surface area contributed by atoms with Crippen molar-refractivity contribution in [1.29, 1.82) is 5.39 Å². The summed E-state index contributed by atoms with van der Waals surface area (Å²) in [5.74, 6) is -0.493. The molecule has 0 unspecified atom stereocenters. The molecule has 9 heteroatoms. The Morgan fingerprint density at radius 2 is 2.18 bits per heavy atom. The van der Waals surface area contributed by atoms with E-state index >= 15 is 0 Å². The third-order valence-electron chi connectivity index (χ3n) is 1.63. The zero-order valence-corrected chi connectivity index (χ0v) is 9.56. The van der Waals surface area contributed by atoms with Crippen molar-refractivity contribution in [3.05, 3.63) is 22.6 Å². The van der Waals surface area contributed by atoms with E-state index in [1.165, 1.54) is 25.1 Å². The topological polar surface area (TPSA) is 127 Å². The maximum atomic E-state index is 10.8. The predicted molar refractivity (Wildman–Crippen MR) is 59.8 cm³/mol. The van der Waals surface area contributed by atoms with Crippen molar-refractivity contribution in [2.75, 3.05) is 11.1 Å². The molecule has 0 saturated heterocycles. The van der Waals surface area contributed by atoms with Crippen LogP contribution in [0.5, 0.6) is 5.75 Å². The molecular weight excluding hydrogens is 248 g/mol. The van der Waals surface area contributed by atoms with E-state index in [1.807, 2.05) is 0 Å². The molecule has 0 atom stereocenters. The van der Waals surface area contributed by atoms with Crippen LogP contribution in [0.15, 0.2) is 18.2 Å². The molecule has 0 spiro atoms. The molecule has 17 heavy (non-hydrogen) atoms. The van der Waals surface area contributed by atoms with E-state index in [-0.39, 0.29) is 17.3 Å². The number of hydrogen-bond donors (Lipinski definition) is 2. The summed E-state index contributed by atoms with van der Waals surface area (Å²) in [6, 6.07) is 3.92. The van der Waals surface area contributed by atoms with E-state index in [9.17, 15) is 13.2 Å². The maximum Gasteiger partial charge on any atom is 0.721 e. The maximum absolute atomic E-state index is 10.8. The van der Waals surface area contributed by atoms with Crippen LogP contribution in [-0.2, 0) is 15.1 Å². The average Bonchev–Trinajstić information content (AvgIpc) is 2.21. The van der Waals surface area contributed by atoms with Crippen molar-refractivity contribution in [2.45, 2.75) is 6.92 Å². The molecule has 0 fully saturated rings. The lowest BCUT2D eigenvalue weighted by Gasteiger charge is -2.05. The minimum absolute atomic E-state index is 0.0246. The fourth-order valence-corrected chi connectivity index (χ4v) is 1.45. The molecule has 0 aliphatic rings. The average molecular weight is 257 g/mol. The number of carbonyl (C=O) groups is 1. The summed E-state index contributed by atoms with van der Waals surface area (Å²) < 4.78 is 28.1. The van der Waals surface area contributed by atoms with E-state index in [0.29, 0.717) is 5.69 Å². The lowest BCUT2D eigenvalue weighted by atomic mass is 10.2. The van der Waals surface area contributed by atoms with Crippen LogP contribution in [-0.4, -0.2) is 14.3 Å². The largest absolute Gasteiger partial charge is 0.721 e. The predicted octanol–water partition coefficient (Wildman–Crippen LogP) is 0.704. The molecule has 0 saturated carbocycles. The molecule has 1 aromatic carbocycles. The van der Waals surface area contributed by atoms with Crippen molar-refractivity contribution >= 4 is 27.6 Å². The minimum Gasteiger partial charge on any atom is -0.396 e. The van der Waals surface area contributed by atoms with Gasteiger partial charge in [0.15, 0.2) is 5.75 Å². The number of nitrogen functional groups attached to an aromatic ring is 1. The first-order valence-corrected chi connectivity index (χ1v) is 5.68. The van der Waals surface area contributed by atoms with Gasteiger partial charge in [0.2, 0.25) is 11.3 Å². The third kappa shape index (κ3) is 3.62. The Bertz CT molecular complexity index is 590. The summed E-state index contributed by atoms with van der Waals surface area (Å²) in [6.07, 6.45) is 0. The van der Waals surface area contributed by atoms with Gasteiger partial charge in [-0.15, -0.1) is 8.42 Å². The van der Waals surface area contributed by atoms with Gasteiger partial charge in [-0.3, -0.25) is 4.79 Å². The summed E-state index contributed by atoms with van der Waals surface area (Å²) in [5, 5.41) is 10.6. The van der Waals surface area contributed by atoms with Gasteiger partial charge >= 0.3 is 14.7 Å². The van der Waals surface area contributed by atoms with Gasteiger partial charge in [0, 0.05) is 12.6 Å². The van der Waals surface area contributed by atoms with Gasteiger partial charge in [-0.1, -0.05) is 0 Å².